The Morgan fingerprint density at radius 3 is 1.77 bits per heavy atom. The minimum Gasteiger partial charge on any atom is -0.507 e. The molecule has 0 aliphatic rings. The third-order valence-corrected chi connectivity index (χ3v) is 13.5. The summed E-state index contributed by atoms with van der Waals surface area (Å²) >= 11 is 0. The van der Waals surface area contributed by atoms with E-state index < -0.39 is 19.1 Å². The fraction of sp³-hybridized carbons (Fsp3) is 0.273. The number of aromatic nitrogens is 3. The maximum Gasteiger partial charge on any atom is 0.148 e. The number of pyridine rings is 1. The third kappa shape index (κ3) is 10.2. The van der Waals surface area contributed by atoms with E-state index in [2.05, 4.69) is 136 Å². The molecule has 5 heteroatoms. The average Bonchev–Trinajstić information content (AvgIpc) is 3.83. The maximum atomic E-state index is 12.8. The van der Waals surface area contributed by atoms with Crippen molar-refractivity contribution in [2.45, 2.75) is 118 Å². The molecule has 0 aliphatic carbocycles. The second-order valence-electron chi connectivity index (χ2n) is 22.9. The first-order chi connectivity index (χ1) is 35.4. The first kappa shape index (κ1) is 43.4. The summed E-state index contributed by atoms with van der Waals surface area (Å²) in [4.78, 5) is 10.5. The van der Waals surface area contributed by atoms with Gasteiger partial charge in [0.05, 0.1) is 22.3 Å². The first-order valence-electron chi connectivity index (χ1n) is 27.3. The van der Waals surface area contributed by atoms with Crippen molar-refractivity contribution in [2.75, 3.05) is 0 Å². The van der Waals surface area contributed by atoms with Crippen molar-refractivity contribution in [1.82, 2.24) is 14.5 Å². The molecule has 9 rings (SSSR count). The molecule has 1 N–H and O–H groups in total. The smallest absolute Gasteiger partial charge is 0.148 e. The van der Waals surface area contributed by atoms with Crippen LogP contribution in [0, 0.1) is 19.8 Å². The van der Waals surface area contributed by atoms with Crippen LogP contribution in [0.2, 0.25) is 0 Å². The van der Waals surface area contributed by atoms with E-state index in [4.69, 9.17) is 18.2 Å². The maximum absolute atomic E-state index is 12.8. The molecule has 0 saturated heterocycles. The summed E-state index contributed by atoms with van der Waals surface area (Å²) in [5.74, 6) is 0.563. The van der Waals surface area contributed by atoms with Crippen LogP contribution in [0.1, 0.15) is 125 Å². The van der Waals surface area contributed by atoms with Crippen LogP contribution < -0.4 is 0 Å². The number of aryl methyl sites for hydroxylation is 2. The van der Waals surface area contributed by atoms with E-state index >= 15 is 0 Å². The van der Waals surface area contributed by atoms with Crippen molar-refractivity contribution in [3.8, 4) is 78.6 Å². The Hall–Kier alpha value is -6.35. The van der Waals surface area contributed by atoms with E-state index in [9.17, 15) is 5.11 Å². The van der Waals surface area contributed by atoms with Gasteiger partial charge < -0.3 is 5.11 Å². The number of imidazole rings is 1. The van der Waals surface area contributed by atoms with Crippen molar-refractivity contribution in [3.63, 3.8) is 0 Å². The van der Waals surface area contributed by atoms with Crippen LogP contribution in [-0.2, 0) is 42.7 Å². The average molecular weight is 1120 g/mol. The molecule has 0 bridgehead atoms. The Labute approximate surface area is 446 Å². The number of phenolic OH excluding ortho intramolecular Hbond substituents is 1. The molecule has 0 fully saturated rings. The Kier molecular flexibility index (Phi) is 11.6. The van der Waals surface area contributed by atoms with E-state index in [-0.39, 0.29) is 54.2 Å². The van der Waals surface area contributed by atoms with Crippen LogP contribution in [0.15, 0.2) is 152 Å². The van der Waals surface area contributed by atoms with Gasteiger partial charge in [0, 0.05) is 52.3 Å². The molecular formula is C66H68N3OPt-. The molecule has 4 nitrogen and oxygen atoms in total. The Balaban J connectivity index is 0.00000784. The molecule has 0 saturated carbocycles. The minimum atomic E-state index is -2.52. The molecule has 2 heterocycles. The van der Waals surface area contributed by atoms with Gasteiger partial charge in [-0.2, -0.15) is 0 Å². The van der Waals surface area contributed by atoms with Crippen molar-refractivity contribution in [1.29, 1.82) is 0 Å². The van der Waals surface area contributed by atoms with Crippen LogP contribution >= 0.6 is 0 Å². The van der Waals surface area contributed by atoms with Crippen LogP contribution in [0.3, 0.4) is 0 Å². The molecule has 0 unspecified atom stereocenters. The van der Waals surface area contributed by atoms with Crippen molar-refractivity contribution in [3.05, 3.63) is 191 Å². The van der Waals surface area contributed by atoms with Gasteiger partial charge in [0.1, 0.15) is 11.6 Å². The van der Waals surface area contributed by atoms with Gasteiger partial charge in [0.25, 0.3) is 0 Å². The minimum absolute atomic E-state index is 0. The second-order valence-corrected chi connectivity index (χ2v) is 22.9. The molecule has 2 aromatic heterocycles. The molecule has 7 aromatic carbocycles. The van der Waals surface area contributed by atoms with Crippen molar-refractivity contribution in [2.24, 2.45) is 0 Å². The van der Waals surface area contributed by atoms with Gasteiger partial charge in [-0.25, -0.2) is 4.98 Å². The van der Waals surface area contributed by atoms with E-state index in [0.717, 1.165) is 66.8 Å². The van der Waals surface area contributed by atoms with E-state index in [1.165, 1.54) is 0 Å². The Bertz CT molecular complexity index is 3640. The molecular weight excluding hydrogens is 1050 g/mol. The summed E-state index contributed by atoms with van der Waals surface area (Å²) in [7, 11) is 0. The van der Waals surface area contributed by atoms with Gasteiger partial charge in [-0.3, -0.25) is 9.55 Å². The summed E-state index contributed by atoms with van der Waals surface area (Å²) in [5.41, 5.74) is 13.6. The largest absolute Gasteiger partial charge is 0.507 e. The number of para-hydroxylation sites is 1. The number of fused-ring (bicyclic) bond motifs is 1. The van der Waals surface area contributed by atoms with E-state index in [1.807, 2.05) is 91.0 Å². The quantitative estimate of drug-likeness (QED) is 0.162. The summed E-state index contributed by atoms with van der Waals surface area (Å²) < 4.78 is 53.1. The van der Waals surface area contributed by atoms with Crippen LogP contribution in [0.4, 0.5) is 0 Å². The number of nitrogens with zero attached hydrogens (tertiary/aromatic N) is 3. The Morgan fingerprint density at radius 2 is 1.14 bits per heavy atom. The summed E-state index contributed by atoms with van der Waals surface area (Å²) in [6, 6.07) is 51.2. The molecule has 364 valence electrons. The normalized spacial score (nSPS) is 13.9. The molecule has 0 spiro atoms. The summed E-state index contributed by atoms with van der Waals surface area (Å²) in [6.07, 6.45) is 1.77. The number of aromatic hydroxyl groups is 1. The van der Waals surface area contributed by atoms with Gasteiger partial charge in [0.15, 0.2) is 0 Å². The fourth-order valence-corrected chi connectivity index (χ4v) is 9.27. The molecule has 71 heavy (non-hydrogen) atoms. The molecule has 0 radical (unpaired) electrons. The van der Waals surface area contributed by atoms with Gasteiger partial charge in [0.2, 0.25) is 0 Å². The number of hydrogen-bond donors (Lipinski definition) is 1. The zero-order valence-electron chi connectivity index (χ0n) is 49.0. The van der Waals surface area contributed by atoms with Gasteiger partial charge in [-0.1, -0.05) is 203 Å². The third-order valence-electron chi connectivity index (χ3n) is 13.5. The standard InChI is InChI=1S/C66H68N3O.Pt/c1-41-23-25-43(26-24-41)46-31-32-67-57(37-46)48-34-47(35-50(36-48)64(6,7)8)52-21-18-22-58-60(52)68-62(55-38-51(65(9,10)11)39-56(61(55)70)66(12,13)14)69(58)59-33-42(2)53(44-19-16-15-17-20-44)40-54(59)45-27-29-49(30-28-45)63(3,4)5;/h15-33,35-40,70H,1-14H3;/q-1;/i1D3,2D3;. The van der Waals surface area contributed by atoms with E-state index in [0.29, 0.717) is 39.4 Å². The monoisotopic (exact) mass is 1120 g/mol. The van der Waals surface area contributed by atoms with Crippen LogP contribution in [0.5, 0.6) is 5.75 Å². The zero-order valence-corrected chi connectivity index (χ0v) is 45.3. The zero-order chi connectivity index (χ0) is 55.1. The predicted molar refractivity (Wildman–Crippen MR) is 296 cm³/mol. The Morgan fingerprint density at radius 1 is 0.507 bits per heavy atom. The number of hydrogen-bond acceptors (Lipinski definition) is 3. The summed E-state index contributed by atoms with van der Waals surface area (Å²) in [5, 5.41) is 12.8. The fourth-order valence-electron chi connectivity index (χ4n) is 9.27. The second kappa shape index (κ2) is 19.0. The number of benzene rings is 7. The number of phenols is 1. The van der Waals surface area contributed by atoms with E-state index in [1.54, 1.807) is 18.3 Å². The topological polar surface area (TPSA) is 50.9 Å². The van der Waals surface area contributed by atoms with Gasteiger partial charge in [-0.05, 0) is 110 Å². The van der Waals surface area contributed by atoms with Crippen molar-refractivity contribution < 1.29 is 34.4 Å². The molecule has 9 aromatic rings. The molecule has 0 amide bonds. The summed E-state index contributed by atoms with van der Waals surface area (Å²) in [6.45, 7) is 21.1. The predicted octanol–water partition coefficient (Wildman–Crippen LogP) is 17.7. The molecule has 0 atom stereocenters. The van der Waals surface area contributed by atoms with Crippen molar-refractivity contribution >= 4 is 11.0 Å². The van der Waals surface area contributed by atoms with Gasteiger partial charge in [-0.15, -0.1) is 29.3 Å². The SMILES string of the molecule is [2H]C([2H])([2H])c1ccc(-c2ccnc(-c3[c-]c(-c4cccc5c4nc(-c4cc(C(C)(C)C)cc(C(C)(C)C)c4O)n5-c4cc(C([2H])([2H])[2H])c(-c5ccccc5)cc4-c4ccc(C(C)(C)C)cc4)cc(C(C)(C)C)c3)c2)cc1.[Pt]. The van der Waals surface area contributed by atoms with Crippen LogP contribution in [0.25, 0.3) is 83.9 Å². The first-order valence-corrected chi connectivity index (χ1v) is 24.3. The van der Waals surface area contributed by atoms with Crippen LogP contribution in [-0.4, -0.2) is 19.6 Å². The molecule has 0 aliphatic heterocycles. The van der Waals surface area contributed by atoms with Gasteiger partial charge >= 0.3 is 0 Å². The number of rotatable bonds is 7.